The van der Waals surface area contributed by atoms with Gasteiger partial charge in [0.2, 0.25) is 76.8 Å². The number of nitrogens with zero attached hydrogens (tertiary/aromatic N) is 2. The van der Waals surface area contributed by atoms with Crippen LogP contribution in [0.4, 0.5) is 0 Å². The summed E-state index contributed by atoms with van der Waals surface area (Å²) in [6, 6.07) is 10.1. The molecule has 0 radical (unpaired) electrons. The number of amides is 13. The Bertz CT molecular complexity index is 3570. The number of aliphatic hydroxyl groups is 1. The Hall–Kier alpha value is -10.4. The van der Waals surface area contributed by atoms with Gasteiger partial charge in [0.1, 0.15) is 66.2 Å². The number of nitrogens with two attached hydrogens (primary N) is 3. The molecule has 0 aromatic heterocycles. The number of phenolic OH excluding ortho intramolecular Hbond substituents is 1. The first kappa shape index (κ1) is 76.6. The van der Waals surface area contributed by atoms with Gasteiger partial charge in [0, 0.05) is 63.8 Å². The highest BCUT2D eigenvalue weighted by Gasteiger charge is 2.40. The Morgan fingerprint density at radius 3 is 1.91 bits per heavy atom. The Morgan fingerprint density at radius 2 is 1.28 bits per heavy atom. The van der Waals surface area contributed by atoms with Crippen LogP contribution in [0.3, 0.4) is 0 Å². The molecular formula is C66H87ClN16O15. The van der Waals surface area contributed by atoms with Gasteiger partial charge in [-0.3, -0.25) is 67.3 Å². The van der Waals surface area contributed by atoms with Crippen molar-refractivity contribution in [2.45, 2.75) is 152 Å². The van der Waals surface area contributed by atoms with Gasteiger partial charge in [-0.1, -0.05) is 92.2 Å². The number of likely N-dealkylation sites (tertiary alicyclic amines) is 1. The summed E-state index contributed by atoms with van der Waals surface area (Å²) in [5.74, 6) is -11.8. The third-order valence-corrected chi connectivity index (χ3v) is 16.4. The van der Waals surface area contributed by atoms with Crippen molar-refractivity contribution in [2.75, 3.05) is 32.8 Å². The minimum atomic E-state index is -1.89. The number of carbonyl (C=O) groups excluding carboxylic acids is 13. The van der Waals surface area contributed by atoms with Crippen LogP contribution in [0, 0.1) is 5.92 Å². The number of aliphatic hydroxyl groups excluding tert-OH is 1. The molecule has 0 unspecified atom stereocenters. The molecule has 4 aromatic carbocycles. The first-order valence-corrected chi connectivity index (χ1v) is 32.4. The fourth-order valence-electron chi connectivity index (χ4n) is 11.0. The number of primary amides is 1. The normalized spacial score (nSPS) is 18.7. The molecule has 528 valence electrons. The van der Waals surface area contributed by atoms with E-state index in [9.17, 15) is 63.0 Å². The third-order valence-electron chi connectivity index (χ3n) is 16.1. The molecule has 31 nitrogen and oxygen atoms in total. The average Bonchev–Trinajstić information content (AvgIpc) is 1.36. The summed E-state index contributed by atoms with van der Waals surface area (Å²) in [6.07, 6.45) is -0.956. The average molecular weight is 1380 g/mol. The van der Waals surface area contributed by atoms with E-state index in [1.807, 2.05) is 24.3 Å². The smallest absolute Gasteiger partial charge is 0.245 e. The van der Waals surface area contributed by atoms with E-state index in [1.165, 1.54) is 48.2 Å². The van der Waals surface area contributed by atoms with E-state index in [2.05, 4.69) is 63.5 Å². The second-order valence-corrected chi connectivity index (χ2v) is 24.9. The number of rotatable bonds is 28. The van der Waals surface area contributed by atoms with Crippen LogP contribution in [-0.2, 0) is 81.6 Å². The lowest BCUT2D eigenvalue weighted by Crippen LogP contribution is -2.62. The summed E-state index contributed by atoms with van der Waals surface area (Å²) < 4.78 is 0. The zero-order valence-electron chi connectivity index (χ0n) is 54.8. The quantitative estimate of drug-likeness (QED) is 0.0155. The SMILES string of the molecule is CC(=O)N[C@H]1CC(=O)NCCC(=O)N[C@@H](C(=O)N[C@@H](CO)C(=O)N[C@@H](Cc2ccc(O)cc2)C(=O)N[C@H](Cc2ccc3ccccc3c2)C(=O)N[C@H](CC(C)C)C(=O)N[C@@H](CCCN=C(N)N)C(=O)N2CCC[C@H]2C(=O)N[C@H](C)C(N)=O)CNC(=O)[C@@H](Cc2ccc(Cl)cc2)NC1=O. The van der Waals surface area contributed by atoms with E-state index < -0.39 is 163 Å². The fourth-order valence-corrected chi connectivity index (χ4v) is 11.1. The number of halogens is 1. The molecule has 32 heteroatoms. The van der Waals surface area contributed by atoms with E-state index in [0.717, 1.165) is 17.7 Å². The van der Waals surface area contributed by atoms with Crippen LogP contribution in [0.5, 0.6) is 5.75 Å². The molecule has 19 N–H and O–H groups in total. The van der Waals surface area contributed by atoms with Gasteiger partial charge in [-0.05, 0) is 96.7 Å². The van der Waals surface area contributed by atoms with Crippen molar-refractivity contribution in [1.29, 1.82) is 0 Å². The Labute approximate surface area is 570 Å². The number of fused-ring (bicyclic) bond motifs is 1. The largest absolute Gasteiger partial charge is 0.508 e. The van der Waals surface area contributed by atoms with Crippen molar-refractivity contribution in [3.05, 3.63) is 113 Å². The molecule has 0 saturated carbocycles. The van der Waals surface area contributed by atoms with Crippen molar-refractivity contribution in [3.63, 3.8) is 0 Å². The van der Waals surface area contributed by atoms with Crippen molar-refractivity contribution in [3.8, 4) is 5.75 Å². The van der Waals surface area contributed by atoms with E-state index in [-0.39, 0.29) is 82.2 Å². The number of hydrogen-bond donors (Lipinski definition) is 16. The van der Waals surface area contributed by atoms with Gasteiger partial charge in [-0.15, -0.1) is 0 Å². The van der Waals surface area contributed by atoms with Gasteiger partial charge in [0.05, 0.1) is 13.0 Å². The molecule has 13 amide bonds. The van der Waals surface area contributed by atoms with Crippen LogP contribution in [-0.4, -0.2) is 191 Å². The summed E-state index contributed by atoms with van der Waals surface area (Å²) in [4.78, 5) is 185. The molecule has 0 aliphatic carbocycles. The number of aliphatic imine (C=N–C) groups is 1. The van der Waals surface area contributed by atoms with E-state index >= 15 is 9.59 Å². The van der Waals surface area contributed by atoms with E-state index in [0.29, 0.717) is 28.1 Å². The fraction of sp³-hybridized carbons (Fsp3) is 0.455. The number of hydrogen-bond acceptors (Lipinski definition) is 16. The molecule has 4 aromatic rings. The van der Waals surface area contributed by atoms with Gasteiger partial charge >= 0.3 is 0 Å². The number of aromatic hydroxyl groups is 1. The van der Waals surface area contributed by atoms with Crippen molar-refractivity contribution >= 4 is 105 Å². The maximum atomic E-state index is 15.1. The highest BCUT2D eigenvalue weighted by atomic mass is 35.5. The number of carbonyl (C=O) groups is 13. The first-order chi connectivity index (χ1) is 46.6. The summed E-state index contributed by atoms with van der Waals surface area (Å²) in [6.45, 7) is 4.15. The van der Waals surface area contributed by atoms with E-state index in [1.54, 1.807) is 44.2 Å². The number of nitrogens with one attached hydrogen (secondary N) is 11. The van der Waals surface area contributed by atoms with Crippen LogP contribution in [0.25, 0.3) is 10.8 Å². The molecule has 0 bridgehead atoms. The van der Waals surface area contributed by atoms with Crippen molar-refractivity contribution in [2.24, 2.45) is 28.1 Å². The van der Waals surface area contributed by atoms with Gasteiger partial charge in [0.15, 0.2) is 5.96 Å². The van der Waals surface area contributed by atoms with Crippen LogP contribution in [0.15, 0.2) is 96.0 Å². The second-order valence-electron chi connectivity index (χ2n) is 24.5. The molecule has 2 aliphatic rings. The molecule has 98 heavy (non-hydrogen) atoms. The zero-order chi connectivity index (χ0) is 71.8. The highest BCUT2D eigenvalue weighted by molar-refractivity contribution is 6.30. The maximum Gasteiger partial charge on any atom is 0.245 e. The lowest BCUT2D eigenvalue weighted by Gasteiger charge is -2.31. The predicted octanol–water partition coefficient (Wildman–Crippen LogP) is -2.78. The highest BCUT2D eigenvalue weighted by Crippen LogP contribution is 2.22. The van der Waals surface area contributed by atoms with Crippen LogP contribution in [0.2, 0.25) is 5.02 Å². The monoisotopic (exact) mass is 1380 g/mol. The van der Waals surface area contributed by atoms with E-state index in [4.69, 9.17) is 28.8 Å². The lowest BCUT2D eigenvalue weighted by atomic mass is 9.98. The summed E-state index contributed by atoms with van der Waals surface area (Å²) in [5.41, 5.74) is 18.0. The van der Waals surface area contributed by atoms with Crippen molar-refractivity contribution in [1.82, 2.24) is 63.4 Å². The van der Waals surface area contributed by atoms with Crippen LogP contribution < -0.4 is 75.7 Å². The van der Waals surface area contributed by atoms with Crippen LogP contribution in [0.1, 0.15) is 89.3 Å². The first-order valence-electron chi connectivity index (χ1n) is 32.1. The van der Waals surface area contributed by atoms with Crippen LogP contribution >= 0.6 is 11.6 Å². The van der Waals surface area contributed by atoms with Gasteiger partial charge in [0.25, 0.3) is 0 Å². The molecule has 2 heterocycles. The van der Waals surface area contributed by atoms with Crippen molar-refractivity contribution < 1.29 is 72.5 Å². The molecule has 2 saturated heterocycles. The summed E-state index contributed by atoms with van der Waals surface area (Å²) >= 11 is 6.10. The Balaban J connectivity index is 1.28. The molecular weight excluding hydrogens is 1290 g/mol. The zero-order valence-corrected chi connectivity index (χ0v) is 55.6. The standard InChI is InChI=1S/C66H87ClN16O15/c1-35(2)27-46(58(91)77-45(11-7-24-72-66(69)70)65(98)83-26-8-12-53(83)64(97)74-36(3)56(68)89)78-60(93)49(31-40-13-18-41-9-5-6-10-42(41)28-40)80-59(92)48(30-39-16-21-44(86)22-17-39)81-63(96)52(34-84)82-62(95)51-33-73-57(90)47(29-38-14-19-43(67)20-15-38)79-61(94)50(75-37(4)85)32-55(88)71-25-23-54(87)76-51/h5-6,9-10,13-22,28,35-36,45-53,84,86H,7-8,11-12,23-27,29-34H2,1-4H3,(H2,68,89)(H,71,88)(H,73,90)(H,74,97)(H,75,85)(H,76,87)(H,77,91)(H,78,93)(H,79,94)(H,80,92)(H,81,96)(H,82,95)(H4,69,70,72)/t36-,45+,46-,47-,48+,49-,50+,51-,52+,53+/m1/s1. The van der Waals surface area contributed by atoms with Gasteiger partial charge in [-0.25, -0.2) is 0 Å². The number of phenols is 1. The maximum absolute atomic E-state index is 15.1. The molecule has 2 aliphatic heterocycles. The lowest BCUT2D eigenvalue weighted by molar-refractivity contribution is -0.142. The Morgan fingerprint density at radius 1 is 0.673 bits per heavy atom. The van der Waals surface area contributed by atoms with Gasteiger partial charge in [-0.2, -0.15) is 0 Å². The molecule has 2 fully saturated rings. The topological polar surface area (TPSA) is 488 Å². The predicted molar refractivity (Wildman–Crippen MR) is 359 cm³/mol. The molecule has 10 atom stereocenters. The summed E-state index contributed by atoms with van der Waals surface area (Å²) in [5, 5.41) is 51.1. The number of benzene rings is 4. The second kappa shape index (κ2) is 37.2. The summed E-state index contributed by atoms with van der Waals surface area (Å²) in [7, 11) is 0. The number of guanidine groups is 1. The minimum Gasteiger partial charge on any atom is -0.508 e. The molecule has 6 rings (SSSR count). The van der Waals surface area contributed by atoms with Gasteiger partial charge < -0.3 is 90.8 Å². The molecule has 0 spiro atoms. The third kappa shape index (κ3) is 24.0. The Kier molecular flexibility index (Phi) is 29.1. The minimum absolute atomic E-state index is 0.00363.